The highest BCUT2D eigenvalue weighted by molar-refractivity contribution is 7.99. The molecule has 0 fully saturated rings. The molecule has 1 atom stereocenters. The van der Waals surface area contributed by atoms with Crippen LogP contribution < -0.4 is 20.3 Å². The summed E-state index contributed by atoms with van der Waals surface area (Å²) in [6, 6.07) is 6.54. The molecule has 1 N–H and O–H groups in total. The van der Waals surface area contributed by atoms with Gasteiger partial charge in [0.05, 0.1) is 31.6 Å². The lowest BCUT2D eigenvalue weighted by Crippen LogP contribution is -2.28. The van der Waals surface area contributed by atoms with Crippen molar-refractivity contribution >= 4 is 23.4 Å². The Bertz CT molecular complexity index is 910. The van der Waals surface area contributed by atoms with Gasteiger partial charge in [0, 0.05) is 24.3 Å². The first-order valence-electron chi connectivity index (χ1n) is 8.71. The second-order valence-electron chi connectivity index (χ2n) is 6.61. The van der Waals surface area contributed by atoms with E-state index in [-0.39, 0.29) is 29.8 Å². The fourth-order valence-corrected chi connectivity index (χ4v) is 4.10. The molecule has 1 aliphatic rings. The maximum absolute atomic E-state index is 12.6. The number of anilines is 1. The Balaban J connectivity index is 1.77. The summed E-state index contributed by atoms with van der Waals surface area (Å²) in [6.45, 7) is 4.01. The van der Waals surface area contributed by atoms with E-state index in [1.807, 2.05) is 13.8 Å². The summed E-state index contributed by atoms with van der Waals surface area (Å²) >= 11 is 1.51. The fourth-order valence-electron chi connectivity index (χ4n) is 2.94. The van der Waals surface area contributed by atoms with Crippen molar-refractivity contribution < 1.29 is 14.3 Å². The summed E-state index contributed by atoms with van der Waals surface area (Å²) in [5, 5.41) is 3.54. The van der Waals surface area contributed by atoms with Gasteiger partial charge in [-0.15, -0.1) is 0 Å². The number of aromatic nitrogens is 2. The zero-order valence-electron chi connectivity index (χ0n) is 15.8. The molecular weight excluding hydrogens is 366 g/mol. The Hall–Kier alpha value is -2.48. The number of nitrogens with one attached hydrogen (secondary N) is 1. The van der Waals surface area contributed by atoms with Crippen LogP contribution in [0.4, 0.5) is 5.69 Å². The molecule has 3 rings (SSSR count). The molecule has 1 amide bonds. The normalized spacial score (nSPS) is 15.5. The standard InChI is InChI=1S/C19H23N3O4S/c1-11(2)14-9-18(24)22-12(10-27-19(22)21-14)7-17(23)20-15-8-13(25-3)5-6-16(15)26-4/h5-6,8-9,11-12H,7,10H2,1-4H3,(H,20,23). The zero-order chi connectivity index (χ0) is 19.6. The number of fused-ring (bicyclic) bond motifs is 1. The van der Waals surface area contributed by atoms with Gasteiger partial charge in [-0.2, -0.15) is 0 Å². The number of ether oxygens (including phenoxy) is 2. The quantitative estimate of drug-likeness (QED) is 0.765. The molecule has 1 aromatic heterocycles. The molecule has 1 unspecified atom stereocenters. The molecular formula is C19H23N3O4S. The Morgan fingerprint density at radius 3 is 2.78 bits per heavy atom. The number of carbonyl (C=O) groups excluding carboxylic acids is 1. The largest absolute Gasteiger partial charge is 0.497 e. The topological polar surface area (TPSA) is 82.5 Å². The number of amides is 1. The van der Waals surface area contributed by atoms with Crippen molar-refractivity contribution in [2.24, 2.45) is 0 Å². The molecule has 0 spiro atoms. The lowest BCUT2D eigenvalue weighted by atomic mass is 10.1. The fraction of sp³-hybridized carbons (Fsp3) is 0.421. The number of thioether (sulfide) groups is 1. The molecule has 144 valence electrons. The minimum absolute atomic E-state index is 0.106. The van der Waals surface area contributed by atoms with Crippen molar-refractivity contribution in [1.29, 1.82) is 0 Å². The highest BCUT2D eigenvalue weighted by Gasteiger charge is 2.28. The monoisotopic (exact) mass is 389 g/mol. The van der Waals surface area contributed by atoms with Crippen LogP contribution in [0.2, 0.25) is 0 Å². The first kappa shape index (κ1) is 19.3. The minimum atomic E-state index is -0.220. The summed E-state index contributed by atoms with van der Waals surface area (Å²) in [7, 11) is 3.10. The van der Waals surface area contributed by atoms with E-state index in [0.717, 1.165) is 5.69 Å². The summed E-state index contributed by atoms with van der Waals surface area (Å²) < 4.78 is 12.1. The van der Waals surface area contributed by atoms with Gasteiger partial charge in [-0.25, -0.2) is 4.98 Å². The van der Waals surface area contributed by atoms with Gasteiger partial charge in [0.1, 0.15) is 11.5 Å². The van der Waals surface area contributed by atoms with Gasteiger partial charge in [0.2, 0.25) is 5.91 Å². The van der Waals surface area contributed by atoms with Crippen LogP contribution in [0.25, 0.3) is 0 Å². The van der Waals surface area contributed by atoms with Crippen molar-refractivity contribution in [3.05, 3.63) is 40.3 Å². The number of hydrogen-bond donors (Lipinski definition) is 1. The van der Waals surface area contributed by atoms with E-state index >= 15 is 0 Å². The molecule has 1 aromatic carbocycles. The van der Waals surface area contributed by atoms with Crippen LogP contribution in [0.5, 0.6) is 11.5 Å². The molecule has 0 saturated heterocycles. The van der Waals surface area contributed by atoms with Crippen LogP contribution in [0.1, 0.15) is 37.9 Å². The first-order valence-corrected chi connectivity index (χ1v) is 9.69. The highest BCUT2D eigenvalue weighted by atomic mass is 32.2. The van der Waals surface area contributed by atoms with E-state index in [9.17, 15) is 9.59 Å². The average molecular weight is 389 g/mol. The van der Waals surface area contributed by atoms with Gasteiger partial charge < -0.3 is 14.8 Å². The van der Waals surface area contributed by atoms with Gasteiger partial charge >= 0.3 is 0 Å². The maximum Gasteiger partial charge on any atom is 0.254 e. The summed E-state index contributed by atoms with van der Waals surface area (Å²) in [6.07, 6.45) is 0.184. The van der Waals surface area contributed by atoms with Gasteiger partial charge in [-0.3, -0.25) is 14.2 Å². The van der Waals surface area contributed by atoms with Crippen LogP contribution in [-0.4, -0.2) is 35.4 Å². The molecule has 2 heterocycles. The minimum Gasteiger partial charge on any atom is -0.497 e. The van der Waals surface area contributed by atoms with Crippen LogP contribution in [-0.2, 0) is 4.79 Å². The SMILES string of the molecule is COc1ccc(OC)c(NC(=O)CC2CSc3nc(C(C)C)cc(=O)n32)c1. The summed E-state index contributed by atoms with van der Waals surface area (Å²) in [5.41, 5.74) is 1.21. The smallest absolute Gasteiger partial charge is 0.254 e. The van der Waals surface area contributed by atoms with Crippen LogP contribution in [0.15, 0.2) is 34.2 Å². The average Bonchev–Trinajstić information content (AvgIpc) is 3.04. The molecule has 8 heteroatoms. The second-order valence-corrected chi connectivity index (χ2v) is 7.60. The third-order valence-electron chi connectivity index (χ3n) is 4.40. The lowest BCUT2D eigenvalue weighted by Gasteiger charge is -2.15. The van der Waals surface area contributed by atoms with E-state index < -0.39 is 0 Å². The molecule has 0 bridgehead atoms. The maximum atomic E-state index is 12.6. The number of rotatable bonds is 6. The Labute approximate surface area is 162 Å². The molecule has 0 aliphatic carbocycles. The van der Waals surface area contributed by atoms with Gasteiger partial charge in [0.25, 0.3) is 5.56 Å². The van der Waals surface area contributed by atoms with Gasteiger partial charge in [-0.05, 0) is 18.1 Å². The lowest BCUT2D eigenvalue weighted by molar-refractivity contribution is -0.116. The highest BCUT2D eigenvalue weighted by Crippen LogP contribution is 2.34. The third-order valence-corrected chi connectivity index (χ3v) is 5.50. The van der Waals surface area contributed by atoms with Crippen LogP contribution in [0, 0.1) is 0 Å². The number of hydrogen-bond acceptors (Lipinski definition) is 6. The van der Waals surface area contributed by atoms with Crippen molar-refractivity contribution in [3.63, 3.8) is 0 Å². The third kappa shape index (κ3) is 4.10. The van der Waals surface area contributed by atoms with Crippen molar-refractivity contribution in [2.45, 2.75) is 37.4 Å². The number of carbonyl (C=O) groups is 1. The van der Waals surface area contributed by atoms with E-state index in [1.54, 1.807) is 43.1 Å². The van der Waals surface area contributed by atoms with Crippen molar-refractivity contribution in [2.75, 3.05) is 25.3 Å². The van der Waals surface area contributed by atoms with Gasteiger partial charge in [-0.1, -0.05) is 25.6 Å². The van der Waals surface area contributed by atoms with E-state index in [2.05, 4.69) is 10.3 Å². The summed E-state index contributed by atoms with van der Waals surface area (Å²) in [4.78, 5) is 29.7. The molecule has 7 nitrogen and oxygen atoms in total. The van der Waals surface area contributed by atoms with Crippen LogP contribution >= 0.6 is 11.8 Å². The number of nitrogens with zero attached hydrogens (tertiary/aromatic N) is 2. The predicted molar refractivity (Wildman–Crippen MR) is 105 cm³/mol. The van der Waals surface area contributed by atoms with Gasteiger partial charge in [0.15, 0.2) is 5.16 Å². The Morgan fingerprint density at radius 1 is 1.33 bits per heavy atom. The molecule has 27 heavy (non-hydrogen) atoms. The Kier molecular flexibility index (Phi) is 5.74. The number of methoxy groups -OCH3 is 2. The van der Waals surface area contributed by atoms with Crippen molar-refractivity contribution in [1.82, 2.24) is 9.55 Å². The zero-order valence-corrected chi connectivity index (χ0v) is 16.6. The predicted octanol–water partition coefficient (Wildman–Crippen LogP) is 3.06. The first-order chi connectivity index (χ1) is 12.9. The number of benzene rings is 1. The molecule has 1 aliphatic heterocycles. The molecule has 0 radical (unpaired) electrons. The summed E-state index contributed by atoms with van der Waals surface area (Å²) in [5.74, 6) is 1.80. The van der Waals surface area contributed by atoms with Crippen LogP contribution in [0.3, 0.4) is 0 Å². The molecule has 0 saturated carbocycles. The Morgan fingerprint density at radius 2 is 2.11 bits per heavy atom. The van der Waals surface area contributed by atoms with Crippen molar-refractivity contribution in [3.8, 4) is 11.5 Å². The van der Waals surface area contributed by atoms with E-state index in [1.165, 1.54) is 11.8 Å². The second kappa shape index (κ2) is 8.04. The van der Waals surface area contributed by atoms with E-state index in [0.29, 0.717) is 28.1 Å². The van der Waals surface area contributed by atoms with E-state index in [4.69, 9.17) is 9.47 Å². The molecule has 2 aromatic rings.